The van der Waals surface area contributed by atoms with Gasteiger partial charge in [0.1, 0.15) is 17.0 Å². The van der Waals surface area contributed by atoms with Gasteiger partial charge in [0.25, 0.3) is 5.91 Å². The molecule has 0 fully saturated rings. The zero-order chi connectivity index (χ0) is 22.5. The average Bonchev–Trinajstić information content (AvgIpc) is 3.55. The van der Waals surface area contributed by atoms with E-state index in [2.05, 4.69) is 13.0 Å². The van der Waals surface area contributed by atoms with Crippen LogP contribution in [0.4, 0.5) is 0 Å². The van der Waals surface area contributed by atoms with Gasteiger partial charge in [-0.3, -0.25) is 4.79 Å². The van der Waals surface area contributed by atoms with Crippen molar-refractivity contribution >= 4 is 16.9 Å². The van der Waals surface area contributed by atoms with Gasteiger partial charge in [-0.05, 0) is 42.8 Å². The highest BCUT2D eigenvalue weighted by Crippen LogP contribution is 2.32. The van der Waals surface area contributed by atoms with Gasteiger partial charge < -0.3 is 13.9 Å². The Morgan fingerprint density at radius 1 is 0.970 bits per heavy atom. The summed E-state index contributed by atoms with van der Waals surface area (Å²) >= 11 is 0. The van der Waals surface area contributed by atoms with Crippen LogP contribution in [0.15, 0.2) is 88.3 Å². The Morgan fingerprint density at radius 3 is 2.55 bits per heavy atom. The number of aryl methyl sites for hydroxylation is 1. The molecule has 3 aromatic heterocycles. The third kappa shape index (κ3) is 3.09. The number of para-hydroxylation sites is 2. The number of carbonyl (C=O) groups excluding carboxylic acids is 1. The maximum atomic E-state index is 13.3. The molecule has 1 aliphatic heterocycles. The number of benzene rings is 2. The minimum atomic E-state index is -0.626. The van der Waals surface area contributed by atoms with Crippen molar-refractivity contribution in [2.45, 2.75) is 20.0 Å². The summed E-state index contributed by atoms with van der Waals surface area (Å²) in [6, 6.07) is 20.8. The average molecular weight is 436 g/mol. The van der Waals surface area contributed by atoms with Crippen molar-refractivity contribution in [3.63, 3.8) is 0 Å². The zero-order valence-electron chi connectivity index (χ0n) is 17.9. The number of hydrogen-bond donors (Lipinski definition) is 0. The summed E-state index contributed by atoms with van der Waals surface area (Å²) in [5.41, 5.74) is 3.76. The molecule has 33 heavy (non-hydrogen) atoms. The quantitative estimate of drug-likeness (QED) is 0.397. The first-order valence-electron chi connectivity index (χ1n) is 10.7. The lowest BCUT2D eigenvalue weighted by Gasteiger charge is -2.18. The highest BCUT2D eigenvalue weighted by atomic mass is 16.4. The van der Waals surface area contributed by atoms with E-state index in [-0.39, 0.29) is 11.5 Å². The van der Waals surface area contributed by atoms with Crippen molar-refractivity contribution in [2.24, 2.45) is 0 Å². The second kappa shape index (κ2) is 7.34. The smallest absolute Gasteiger partial charge is 0.349 e. The van der Waals surface area contributed by atoms with Crippen molar-refractivity contribution in [2.75, 3.05) is 0 Å². The van der Waals surface area contributed by atoms with Crippen molar-refractivity contribution in [3.05, 3.63) is 112 Å². The highest BCUT2D eigenvalue weighted by Gasteiger charge is 2.33. The van der Waals surface area contributed by atoms with E-state index >= 15 is 0 Å². The summed E-state index contributed by atoms with van der Waals surface area (Å²) in [4.78, 5) is 27.5. The summed E-state index contributed by atoms with van der Waals surface area (Å²) in [7, 11) is 0. The summed E-state index contributed by atoms with van der Waals surface area (Å²) in [5.74, 6) is 0.540. The number of carbonyl (C=O) groups is 1. The summed E-state index contributed by atoms with van der Waals surface area (Å²) in [6.07, 6.45) is 3.93. The van der Waals surface area contributed by atoms with E-state index in [9.17, 15) is 9.59 Å². The summed E-state index contributed by atoms with van der Waals surface area (Å²) in [5, 5.41) is 5.59. The van der Waals surface area contributed by atoms with E-state index in [0.717, 1.165) is 33.7 Å². The molecular weight excluding hydrogens is 416 g/mol. The van der Waals surface area contributed by atoms with Crippen LogP contribution in [-0.4, -0.2) is 25.2 Å². The lowest BCUT2D eigenvalue weighted by molar-refractivity contribution is 0.0745. The molecule has 0 aliphatic carbocycles. The topological polar surface area (TPSA) is 73.3 Å². The van der Waals surface area contributed by atoms with E-state index in [0.29, 0.717) is 18.7 Å². The van der Waals surface area contributed by atoms with Crippen molar-refractivity contribution in [1.29, 1.82) is 0 Å². The van der Waals surface area contributed by atoms with Crippen LogP contribution in [-0.2, 0) is 13.1 Å². The standard InChI is InChI=1S/C26H20N4O3/c1-17-8-2-4-10-22(17)30-24(28-12-6-7-13-28)20-15-29(16-21(20)27-30)25(31)19-14-18-9-3-5-11-23(18)33-26(19)32/h2-14H,15-16H2,1H3. The van der Waals surface area contributed by atoms with Crippen LogP contribution in [0.3, 0.4) is 0 Å². The molecule has 0 atom stereocenters. The molecule has 1 amide bonds. The minimum Gasteiger partial charge on any atom is -0.422 e. The van der Waals surface area contributed by atoms with Gasteiger partial charge in [0.2, 0.25) is 0 Å². The van der Waals surface area contributed by atoms with E-state index in [1.54, 1.807) is 23.1 Å². The largest absolute Gasteiger partial charge is 0.422 e. The molecule has 5 aromatic rings. The van der Waals surface area contributed by atoms with Gasteiger partial charge in [-0.15, -0.1) is 0 Å². The predicted octanol–water partition coefficient (Wildman–Crippen LogP) is 4.23. The summed E-state index contributed by atoms with van der Waals surface area (Å²) < 4.78 is 9.33. The second-order valence-corrected chi connectivity index (χ2v) is 8.18. The normalized spacial score (nSPS) is 12.9. The predicted molar refractivity (Wildman–Crippen MR) is 124 cm³/mol. The van der Waals surface area contributed by atoms with Crippen LogP contribution < -0.4 is 5.63 Å². The maximum absolute atomic E-state index is 13.3. The molecule has 7 heteroatoms. The van der Waals surface area contributed by atoms with Crippen LogP contribution in [0.2, 0.25) is 0 Å². The summed E-state index contributed by atoms with van der Waals surface area (Å²) in [6.45, 7) is 2.74. The molecule has 2 aromatic carbocycles. The number of fused-ring (bicyclic) bond motifs is 2. The molecule has 0 spiro atoms. The van der Waals surface area contributed by atoms with E-state index in [1.165, 1.54) is 0 Å². The number of amides is 1. The van der Waals surface area contributed by atoms with Gasteiger partial charge in [0.15, 0.2) is 0 Å². The Hall–Kier alpha value is -4.39. The fraction of sp³-hybridized carbons (Fsp3) is 0.115. The van der Waals surface area contributed by atoms with Crippen LogP contribution >= 0.6 is 0 Å². The molecule has 0 saturated carbocycles. The Bertz CT molecular complexity index is 1580. The van der Waals surface area contributed by atoms with Gasteiger partial charge in [-0.1, -0.05) is 36.4 Å². The molecule has 0 saturated heterocycles. The first-order chi connectivity index (χ1) is 16.1. The molecule has 1 aliphatic rings. The Labute approximate surface area is 189 Å². The first-order valence-corrected chi connectivity index (χ1v) is 10.7. The van der Waals surface area contributed by atoms with E-state index < -0.39 is 5.63 Å². The molecule has 7 nitrogen and oxygen atoms in total. The van der Waals surface area contributed by atoms with Crippen molar-refractivity contribution in [1.82, 2.24) is 19.2 Å². The van der Waals surface area contributed by atoms with E-state index in [4.69, 9.17) is 9.52 Å². The lowest BCUT2D eigenvalue weighted by Crippen LogP contribution is -2.30. The fourth-order valence-corrected chi connectivity index (χ4v) is 4.44. The van der Waals surface area contributed by atoms with Gasteiger partial charge >= 0.3 is 5.63 Å². The van der Waals surface area contributed by atoms with Crippen molar-refractivity contribution < 1.29 is 9.21 Å². The second-order valence-electron chi connectivity index (χ2n) is 8.18. The third-order valence-corrected chi connectivity index (χ3v) is 6.08. The minimum absolute atomic E-state index is 0.0353. The molecule has 4 heterocycles. The van der Waals surface area contributed by atoms with Crippen molar-refractivity contribution in [3.8, 4) is 11.5 Å². The van der Waals surface area contributed by atoms with Crippen LogP contribution in [0, 0.1) is 6.92 Å². The molecule has 0 unspecified atom stereocenters. The fourth-order valence-electron chi connectivity index (χ4n) is 4.44. The zero-order valence-corrected chi connectivity index (χ0v) is 17.9. The molecule has 0 radical (unpaired) electrons. The van der Waals surface area contributed by atoms with Gasteiger partial charge in [-0.2, -0.15) is 5.10 Å². The molecule has 162 valence electrons. The number of nitrogens with zero attached hydrogens (tertiary/aromatic N) is 4. The Morgan fingerprint density at radius 2 is 1.73 bits per heavy atom. The molecular formula is C26H20N4O3. The van der Waals surface area contributed by atoms with Crippen LogP contribution in [0.1, 0.15) is 27.2 Å². The molecule has 0 bridgehead atoms. The van der Waals surface area contributed by atoms with Gasteiger partial charge in [0.05, 0.1) is 24.5 Å². The van der Waals surface area contributed by atoms with Crippen LogP contribution in [0.25, 0.3) is 22.5 Å². The highest BCUT2D eigenvalue weighted by molar-refractivity contribution is 5.97. The number of hydrogen-bond acceptors (Lipinski definition) is 4. The lowest BCUT2D eigenvalue weighted by atomic mass is 10.1. The van der Waals surface area contributed by atoms with Crippen LogP contribution in [0.5, 0.6) is 0 Å². The van der Waals surface area contributed by atoms with Gasteiger partial charge in [-0.25, -0.2) is 9.48 Å². The van der Waals surface area contributed by atoms with Gasteiger partial charge in [0, 0.05) is 23.3 Å². The third-order valence-electron chi connectivity index (χ3n) is 6.08. The Balaban J connectivity index is 1.41. The monoisotopic (exact) mass is 436 g/mol. The molecule has 0 N–H and O–H groups in total. The number of aromatic nitrogens is 3. The SMILES string of the molecule is Cc1ccccc1-n1nc2c(c1-n1cccc1)CN(C(=O)c1cc3ccccc3oc1=O)C2. The number of rotatable bonds is 3. The maximum Gasteiger partial charge on any atom is 0.349 e. The Kier molecular flexibility index (Phi) is 4.29. The first kappa shape index (κ1) is 19.3. The molecule has 6 rings (SSSR count). The van der Waals surface area contributed by atoms with E-state index in [1.807, 2.05) is 64.1 Å².